The van der Waals surface area contributed by atoms with E-state index in [-0.39, 0.29) is 0 Å². The SMILES string of the molecule is Cc1cc(C)cc(CNC(C)Cc2ccc(Cl)cc2)c1. The van der Waals surface area contributed by atoms with Gasteiger partial charge in [0, 0.05) is 17.6 Å². The standard InChI is InChI=1S/C18H22ClN/c1-13-8-14(2)10-17(9-13)12-20-15(3)11-16-4-6-18(19)7-5-16/h4-10,15,20H,11-12H2,1-3H3. The highest BCUT2D eigenvalue weighted by Gasteiger charge is 2.04. The van der Waals surface area contributed by atoms with E-state index in [1.807, 2.05) is 12.1 Å². The Labute approximate surface area is 127 Å². The van der Waals surface area contributed by atoms with Crippen molar-refractivity contribution in [1.29, 1.82) is 0 Å². The number of aryl methyl sites for hydroxylation is 2. The van der Waals surface area contributed by atoms with Crippen LogP contribution in [0.1, 0.15) is 29.2 Å². The van der Waals surface area contributed by atoms with E-state index in [0.29, 0.717) is 6.04 Å². The van der Waals surface area contributed by atoms with Crippen molar-refractivity contribution >= 4 is 11.6 Å². The molecule has 0 heterocycles. The molecule has 20 heavy (non-hydrogen) atoms. The summed E-state index contributed by atoms with van der Waals surface area (Å²) in [6.45, 7) is 7.43. The second kappa shape index (κ2) is 6.92. The Morgan fingerprint density at radius 2 is 1.55 bits per heavy atom. The van der Waals surface area contributed by atoms with Gasteiger partial charge in [0.05, 0.1) is 0 Å². The summed E-state index contributed by atoms with van der Waals surface area (Å²) in [6.07, 6.45) is 1.02. The number of hydrogen-bond donors (Lipinski definition) is 1. The molecule has 0 aliphatic carbocycles. The fourth-order valence-electron chi connectivity index (χ4n) is 2.51. The zero-order valence-electron chi connectivity index (χ0n) is 12.4. The highest BCUT2D eigenvalue weighted by atomic mass is 35.5. The van der Waals surface area contributed by atoms with E-state index in [9.17, 15) is 0 Å². The van der Waals surface area contributed by atoms with Gasteiger partial charge in [-0.1, -0.05) is 53.1 Å². The van der Waals surface area contributed by atoms with Gasteiger partial charge in [-0.3, -0.25) is 0 Å². The quantitative estimate of drug-likeness (QED) is 0.842. The van der Waals surface area contributed by atoms with Crippen LogP contribution in [0.4, 0.5) is 0 Å². The van der Waals surface area contributed by atoms with Gasteiger partial charge >= 0.3 is 0 Å². The van der Waals surface area contributed by atoms with Gasteiger partial charge in [0.25, 0.3) is 0 Å². The summed E-state index contributed by atoms with van der Waals surface area (Å²) in [5, 5.41) is 4.38. The van der Waals surface area contributed by atoms with Gasteiger partial charge in [0.2, 0.25) is 0 Å². The van der Waals surface area contributed by atoms with Crippen LogP contribution >= 0.6 is 11.6 Å². The second-order valence-electron chi connectivity index (χ2n) is 5.61. The molecule has 106 valence electrons. The first-order chi connectivity index (χ1) is 9.52. The molecule has 0 bridgehead atoms. The van der Waals surface area contributed by atoms with Crippen LogP contribution in [0.25, 0.3) is 0 Å². The number of rotatable bonds is 5. The highest BCUT2D eigenvalue weighted by Crippen LogP contribution is 2.12. The molecule has 1 nitrogen and oxygen atoms in total. The summed E-state index contributed by atoms with van der Waals surface area (Å²) >= 11 is 5.90. The molecule has 0 radical (unpaired) electrons. The normalized spacial score (nSPS) is 12.4. The average molecular weight is 288 g/mol. The maximum absolute atomic E-state index is 5.90. The van der Waals surface area contributed by atoms with Gasteiger partial charge < -0.3 is 5.32 Å². The summed E-state index contributed by atoms with van der Waals surface area (Å²) in [5.41, 5.74) is 5.32. The van der Waals surface area contributed by atoms with Crippen LogP contribution in [0, 0.1) is 13.8 Å². The first kappa shape index (κ1) is 15.1. The van der Waals surface area contributed by atoms with Crippen LogP contribution < -0.4 is 5.32 Å². The molecule has 0 saturated heterocycles. The molecule has 2 aromatic rings. The van der Waals surface area contributed by atoms with Gasteiger partial charge in [0.15, 0.2) is 0 Å². The lowest BCUT2D eigenvalue weighted by Crippen LogP contribution is -2.27. The molecule has 0 fully saturated rings. The summed E-state index contributed by atoms with van der Waals surface area (Å²) in [6, 6.07) is 15.2. The third kappa shape index (κ3) is 4.66. The van der Waals surface area contributed by atoms with Crippen LogP contribution in [0.15, 0.2) is 42.5 Å². The van der Waals surface area contributed by atoms with Crippen molar-refractivity contribution in [2.75, 3.05) is 0 Å². The van der Waals surface area contributed by atoms with Gasteiger partial charge in [-0.25, -0.2) is 0 Å². The van der Waals surface area contributed by atoms with Crippen LogP contribution in [-0.2, 0) is 13.0 Å². The van der Waals surface area contributed by atoms with Gasteiger partial charge in [-0.2, -0.15) is 0 Å². The number of nitrogens with one attached hydrogen (secondary N) is 1. The lowest BCUT2D eigenvalue weighted by molar-refractivity contribution is 0.545. The molecule has 0 amide bonds. The Balaban J connectivity index is 1.88. The van der Waals surface area contributed by atoms with E-state index < -0.39 is 0 Å². The van der Waals surface area contributed by atoms with Crippen LogP contribution in [0.2, 0.25) is 5.02 Å². The maximum atomic E-state index is 5.90. The minimum atomic E-state index is 0.442. The molecule has 2 rings (SSSR count). The van der Waals surface area contributed by atoms with Crippen LogP contribution in [0.5, 0.6) is 0 Å². The van der Waals surface area contributed by atoms with Crippen molar-refractivity contribution in [1.82, 2.24) is 5.32 Å². The monoisotopic (exact) mass is 287 g/mol. The Morgan fingerprint density at radius 1 is 0.950 bits per heavy atom. The fourth-order valence-corrected chi connectivity index (χ4v) is 2.64. The maximum Gasteiger partial charge on any atom is 0.0406 e. The van der Waals surface area contributed by atoms with Crippen molar-refractivity contribution in [2.24, 2.45) is 0 Å². The summed E-state index contributed by atoms with van der Waals surface area (Å²) in [4.78, 5) is 0. The highest BCUT2D eigenvalue weighted by molar-refractivity contribution is 6.30. The van der Waals surface area contributed by atoms with E-state index in [1.165, 1.54) is 22.3 Å². The van der Waals surface area contributed by atoms with Gasteiger partial charge in [-0.05, 0) is 50.5 Å². The zero-order chi connectivity index (χ0) is 14.5. The molecule has 1 atom stereocenters. The Kier molecular flexibility index (Phi) is 5.22. The van der Waals surface area contributed by atoms with Crippen molar-refractivity contribution in [2.45, 2.75) is 39.8 Å². The minimum absolute atomic E-state index is 0.442. The molecule has 2 aromatic carbocycles. The first-order valence-electron chi connectivity index (χ1n) is 7.08. The molecule has 2 heteroatoms. The molecular formula is C18H22ClN. The predicted molar refractivity (Wildman–Crippen MR) is 87.4 cm³/mol. The molecule has 1 N–H and O–H groups in total. The molecule has 0 saturated carbocycles. The van der Waals surface area contributed by atoms with Crippen molar-refractivity contribution in [3.63, 3.8) is 0 Å². The Bertz CT molecular complexity index is 540. The second-order valence-corrected chi connectivity index (χ2v) is 6.04. The van der Waals surface area contributed by atoms with E-state index in [1.54, 1.807) is 0 Å². The van der Waals surface area contributed by atoms with Crippen molar-refractivity contribution in [3.05, 3.63) is 69.7 Å². The Morgan fingerprint density at radius 3 is 2.15 bits per heavy atom. The molecular weight excluding hydrogens is 266 g/mol. The fraction of sp³-hybridized carbons (Fsp3) is 0.333. The largest absolute Gasteiger partial charge is 0.310 e. The van der Waals surface area contributed by atoms with E-state index >= 15 is 0 Å². The van der Waals surface area contributed by atoms with Crippen LogP contribution in [0.3, 0.4) is 0 Å². The average Bonchev–Trinajstić information content (AvgIpc) is 2.38. The molecule has 0 spiro atoms. The molecule has 0 aliphatic rings. The molecule has 0 aromatic heterocycles. The summed E-state index contributed by atoms with van der Waals surface area (Å²) in [5.74, 6) is 0. The number of hydrogen-bond acceptors (Lipinski definition) is 1. The smallest absolute Gasteiger partial charge is 0.0406 e. The lowest BCUT2D eigenvalue weighted by Gasteiger charge is -2.15. The summed E-state index contributed by atoms with van der Waals surface area (Å²) < 4.78 is 0. The van der Waals surface area contributed by atoms with E-state index in [4.69, 9.17) is 11.6 Å². The van der Waals surface area contributed by atoms with Crippen molar-refractivity contribution in [3.8, 4) is 0 Å². The summed E-state index contributed by atoms with van der Waals surface area (Å²) in [7, 11) is 0. The zero-order valence-corrected chi connectivity index (χ0v) is 13.2. The van der Waals surface area contributed by atoms with E-state index in [2.05, 4.69) is 56.4 Å². The number of halogens is 1. The van der Waals surface area contributed by atoms with E-state index in [0.717, 1.165) is 18.0 Å². The van der Waals surface area contributed by atoms with Crippen molar-refractivity contribution < 1.29 is 0 Å². The lowest BCUT2D eigenvalue weighted by atomic mass is 10.1. The third-order valence-corrected chi connectivity index (χ3v) is 3.64. The molecule has 0 aliphatic heterocycles. The van der Waals surface area contributed by atoms with Gasteiger partial charge in [-0.15, -0.1) is 0 Å². The Hall–Kier alpha value is -1.31. The number of benzene rings is 2. The third-order valence-electron chi connectivity index (χ3n) is 3.39. The van der Waals surface area contributed by atoms with Crippen LogP contribution in [-0.4, -0.2) is 6.04 Å². The first-order valence-corrected chi connectivity index (χ1v) is 7.46. The van der Waals surface area contributed by atoms with Gasteiger partial charge in [0.1, 0.15) is 0 Å². The topological polar surface area (TPSA) is 12.0 Å². The predicted octanol–water partition coefficient (Wildman–Crippen LogP) is 4.68. The minimum Gasteiger partial charge on any atom is -0.310 e. The molecule has 1 unspecified atom stereocenters.